The van der Waals surface area contributed by atoms with Gasteiger partial charge in [-0.3, -0.25) is 4.79 Å². The van der Waals surface area contributed by atoms with E-state index in [9.17, 15) is 9.59 Å². The summed E-state index contributed by atoms with van der Waals surface area (Å²) >= 11 is 1.25. The summed E-state index contributed by atoms with van der Waals surface area (Å²) in [7, 11) is 3.42. The van der Waals surface area contributed by atoms with Gasteiger partial charge in [-0.1, -0.05) is 13.8 Å². The van der Waals surface area contributed by atoms with Crippen LogP contribution in [0.2, 0.25) is 0 Å². The summed E-state index contributed by atoms with van der Waals surface area (Å²) in [5.74, 6) is -0.254. The second-order valence-electron chi connectivity index (χ2n) is 5.04. The monoisotopic (exact) mass is 299 g/mol. The average Bonchev–Trinajstić information content (AvgIpc) is 2.78. The normalized spacial score (nSPS) is 10.7. The number of carboxylic acids is 1. The third-order valence-electron chi connectivity index (χ3n) is 2.77. The van der Waals surface area contributed by atoms with Crippen LogP contribution in [-0.2, 0) is 4.79 Å². The van der Waals surface area contributed by atoms with Gasteiger partial charge in [-0.05, 0) is 18.4 Å². The number of thiophene rings is 1. The molecule has 112 valence electrons. The average molecular weight is 299 g/mol. The summed E-state index contributed by atoms with van der Waals surface area (Å²) in [4.78, 5) is 25.3. The quantitative estimate of drug-likeness (QED) is 0.786. The third-order valence-corrected chi connectivity index (χ3v) is 4.18. The van der Waals surface area contributed by atoms with Crippen LogP contribution in [0.25, 0.3) is 0 Å². The lowest BCUT2D eigenvalue weighted by Crippen LogP contribution is -2.21. The fourth-order valence-corrected chi connectivity index (χ4v) is 2.51. The molecule has 1 aromatic rings. The van der Waals surface area contributed by atoms with Gasteiger partial charge in [0.2, 0.25) is 5.91 Å². The SMILES string of the molecule is CC(C)c1cc(OCCCC(=O)N(C)C)c(C(=O)O)s1. The van der Waals surface area contributed by atoms with Crippen LogP contribution in [0, 0.1) is 0 Å². The number of hydrogen-bond donors (Lipinski definition) is 1. The van der Waals surface area contributed by atoms with E-state index in [1.165, 1.54) is 16.2 Å². The van der Waals surface area contributed by atoms with Crippen LogP contribution in [0.15, 0.2) is 6.07 Å². The molecule has 0 aliphatic carbocycles. The standard InChI is InChI=1S/C14H21NO4S/c1-9(2)11-8-10(13(20-11)14(17)18)19-7-5-6-12(16)15(3)4/h8-9H,5-7H2,1-4H3,(H,17,18). The minimum Gasteiger partial charge on any atom is -0.492 e. The van der Waals surface area contributed by atoms with E-state index in [0.29, 0.717) is 25.2 Å². The van der Waals surface area contributed by atoms with Crippen molar-refractivity contribution >= 4 is 23.2 Å². The molecule has 1 heterocycles. The van der Waals surface area contributed by atoms with E-state index in [4.69, 9.17) is 9.84 Å². The first-order valence-electron chi connectivity index (χ1n) is 6.53. The summed E-state index contributed by atoms with van der Waals surface area (Å²) < 4.78 is 5.52. The van der Waals surface area contributed by atoms with Crippen molar-refractivity contribution in [1.82, 2.24) is 4.90 Å². The van der Waals surface area contributed by atoms with E-state index in [1.807, 2.05) is 13.8 Å². The first kappa shape index (κ1) is 16.5. The molecular weight excluding hydrogens is 278 g/mol. The molecule has 0 atom stereocenters. The third kappa shape index (κ3) is 4.52. The molecule has 20 heavy (non-hydrogen) atoms. The maximum absolute atomic E-state index is 11.4. The predicted molar refractivity (Wildman–Crippen MR) is 78.8 cm³/mol. The Labute approximate surface area is 123 Å². The predicted octanol–water partition coefficient (Wildman–Crippen LogP) is 2.82. The van der Waals surface area contributed by atoms with Gasteiger partial charge < -0.3 is 14.7 Å². The summed E-state index contributed by atoms with van der Waals surface area (Å²) in [6, 6.07) is 1.78. The van der Waals surface area contributed by atoms with Crippen molar-refractivity contribution in [2.45, 2.75) is 32.6 Å². The highest BCUT2D eigenvalue weighted by molar-refractivity contribution is 7.14. The molecule has 1 rings (SSSR count). The van der Waals surface area contributed by atoms with Gasteiger partial charge in [0.15, 0.2) is 4.88 Å². The molecule has 0 aliphatic rings. The zero-order valence-electron chi connectivity index (χ0n) is 12.3. The largest absolute Gasteiger partial charge is 0.492 e. The number of amides is 1. The molecule has 0 aromatic carbocycles. The maximum atomic E-state index is 11.4. The van der Waals surface area contributed by atoms with E-state index in [2.05, 4.69) is 0 Å². The van der Waals surface area contributed by atoms with E-state index in [1.54, 1.807) is 20.2 Å². The highest BCUT2D eigenvalue weighted by Crippen LogP contribution is 2.33. The molecule has 0 bridgehead atoms. The van der Waals surface area contributed by atoms with Crippen molar-refractivity contribution in [3.63, 3.8) is 0 Å². The highest BCUT2D eigenvalue weighted by atomic mass is 32.1. The molecule has 0 saturated carbocycles. The lowest BCUT2D eigenvalue weighted by atomic mass is 10.2. The van der Waals surface area contributed by atoms with Gasteiger partial charge >= 0.3 is 5.97 Å². The molecule has 0 aliphatic heterocycles. The highest BCUT2D eigenvalue weighted by Gasteiger charge is 2.18. The number of hydrogen-bond acceptors (Lipinski definition) is 4. The molecule has 0 fully saturated rings. The van der Waals surface area contributed by atoms with Crippen molar-refractivity contribution in [2.75, 3.05) is 20.7 Å². The Morgan fingerprint density at radius 2 is 2.05 bits per heavy atom. The van der Waals surface area contributed by atoms with E-state index in [-0.39, 0.29) is 16.7 Å². The Kier molecular flexibility index (Phi) is 6.01. The Bertz CT molecular complexity index is 480. The van der Waals surface area contributed by atoms with Gasteiger partial charge in [0.1, 0.15) is 5.75 Å². The number of carbonyl (C=O) groups excluding carboxylic acids is 1. The first-order valence-corrected chi connectivity index (χ1v) is 7.34. The van der Waals surface area contributed by atoms with Crippen molar-refractivity contribution in [2.24, 2.45) is 0 Å². The first-order chi connectivity index (χ1) is 9.32. The Hall–Kier alpha value is -1.56. The lowest BCUT2D eigenvalue weighted by Gasteiger charge is -2.10. The smallest absolute Gasteiger partial charge is 0.349 e. The second-order valence-corrected chi connectivity index (χ2v) is 6.13. The summed E-state index contributed by atoms with van der Waals surface area (Å²) in [5.41, 5.74) is 0. The molecule has 0 saturated heterocycles. The Morgan fingerprint density at radius 1 is 1.40 bits per heavy atom. The number of rotatable bonds is 7. The van der Waals surface area contributed by atoms with Gasteiger partial charge in [-0.15, -0.1) is 11.3 Å². The lowest BCUT2D eigenvalue weighted by molar-refractivity contribution is -0.128. The van der Waals surface area contributed by atoms with Crippen LogP contribution in [0.4, 0.5) is 0 Å². The van der Waals surface area contributed by atoms with Gasteiger partial charge in [0.25, 0.3) is 0 Å². The van der Waals surface area contributed by atoms with Crippen LogP contribution in [0.5, 0.6) is 5.75 Å². The van der Waals surface area contributed by atoms with E-state index >= 15 is 0 Å². The molecule has 1 aromatic heterocycles. The van der Waals surface area contributed by atoms with Crippen LogP contribution in [-0.4, -0.2) is 42.6 Å². The molecule has 5 nitrogen and oxygen atoms in total. The summed E-state index contributed by atoms with van der Waals surface area (Å²) in [6.07, 6.45) is 0.972. The number of carboxylic acid groups (broad SMARTS) is 1. The molecule has 6 heteroatoms. The topological polar surface area (TPSA) is 66.8 Å². The number of aromatic carboxylic acids is 1. The maximum Gasteiger partial charge on any atom is 0.349 e. The van der Waals surface area contributed by atoms with Gasteiger partial charge in [-0.25, -0.2) is 4.79 Å². The molecule has 0 radical (unpaired) electrons. The Balaban J connectivity index is 2.59. The Morgan fingerprint density at radius 3 is 2.55 bits per heavy atom. The fraction of sp³-hybridized carbons (Fsp3) is 0.571. The zero-order chi connectivity index (χ0) is 15.3. The zero-order valence-corrected chi connectivity index (χ0v) is 13.1. The van der Waals surface area contributed by atoms with Gasteiger partial charge in [0.05, 0.1) is 6.61 Å². The molecule has 0 unspecified atom stereocenters. The number of ether oxygens (including phenoxy) is 1. The van der Waals surface area contributed by atoms with Crippen molar-refractivity contribution in [3.8, 4) is 5.75 Å². The number of nitrogens with zero attached hydrogens (tertiary/aromatic N) is 1. The van der Waals surface area contributed by atoms with Crippen LogP contribution in [0.1, 0.15) is 47.2 Å². The van der Waals surface area contributed by atoms with E-state index < -0.39 is 5.97 Å². The summed E-state index contributed by atoms with van der Waals surface area (Å²) in [5, 5.41) is 9.15. The van der Waals surface area contributed by atoms with E-state index in [0.717, 1.165) is 4.88 Å². The van der Waals surface area contributed by atoms with Crippen LogP contribution in [0.3, 0.4) is 0 Å². The number of carbonyl (C=O) groups is 2. The van der Waals surface area contributed by atoms with Gasteiger partial charge in [-0.2, -0.15) is 0 Å². The summed E-state index contributed by atoms with van der Waals surface area (Å²) in [6.45, 7) is 4.36. The molecular formula is C14H21NO4S. The second kappa shape index (κ2) is 7.28. The fourth-order valence-electron chi connectivity index (χ4n) is 1.56. The van der Waals surface area contributed by atoms with Gasteiger partial charge in [0, 0.05) is 25.4 Å². The molecule has 1 N–H and O–H groups in total. The minimum atomic E-state index is -0.971. The molecule has 0 spiro atoms. The molecule has 1 amide bonds. The van der Waals surface area contributed by atoms with Crippen LogP contribution >= 0.6 is 11.3 Å². The minimum absolute atomic E-state index is 0.0419. The van der Waals surface area contributed by atoms with Crippen molar-refractivity contribution in [3.05, 3.63) is 15.8 Å². The van der Waals surface area contributed by atoms with Crippen molar-refractivity contribution in [1.29, 1.82) is 0 Å². The van der Waals surface area contributed by atoms with Crippen molar-refractivity contribution < 1.29 is 19.4 Å². The van der Waals surface area contributed by atoms with Crippen LogP contribution < -0.4 is 4.74 Å².